The molecule has 0 unspecified atom stereocenters. The van der Waals surface area contributed by atoms with Crippen molar-refractivity contribution in [1.29, 1.82) is 0 Å². The van der Waals surface area contributed by atoms with Crippen molar-refractivity contribution in [3.63, 3.8) is 0 Å². The number of ketones is 1. The number of halogens is 1. The van der Waals surface area contributed by atoms with Crippen LogP contribution in [0.15, 0.2) is 29.1 Å². The van der Waals surface area contributed by atoms with Crippen molar-refractivity contribution >= 4 is 21.7 Å². The molecule has 2 aromatic heterocycles. The first-order valence-corrected chi connectivity index (χ1v) is 7.17. The highest BCUT2D eigenvalue weighted by Crippen LogP contribution is 2.22. The van der Waals surface area contributed by atoms with E-state index in [-0.39, 0.29) is 5.78 Å². The van der Waals surface area contributed by atoms with E-state index in [2.05, 4.69) is 32.9 Å². The minimum Gasteiger partial charge on any atom is -0.287 e. The summed E-state index contributed by atoms with van der Waals surface area (Å²) in [5, 5.41) is 4.24. The monoisotopic (exact) mass is 321 g/mol. The average Bonchev–Trinajstić information content (AvgIpc) is 2.79. The summed E-state index contributed by atoms with van der Waals surface area (Å²) in [4.78, 5) is 16.8. The summed E-state index contributed by atoms with van der Waals surface area (Å²) in [6, 6.07) is 1.77. The quantitative estimate of drug-likeness (QED) is 0.794. The number of hydrogen-bond donors (Lipinski definition) is 0. The Morgan fingerprint density at radius 1 is 1.37 bits per heavy atom. The van der Waals surface area contributed by atoms with Crippen LogP contribution in [0.4, 0.5) is 0 Å². The Balaban J connectivity index is 2.47. The van der Waals surface area contributed by atoms with Crippen molar-refractivity contribution in [2.24, 2.45) is 0 Å². The number of hydrogen-bond acceptors (Lipinski definition) is 3. The van der Waals surface area contributed by atoms with Crippen LogP contribution in [-0.2, 0) is 13.0 Å². The summed E-state index contributed by atoms with van der Waals surface area (Å²) in [7, 11) is 0. The minimum atomic E-state index is -0.00271. The smallest absolute Gasteiger partial charge is 0.212 e. The molecule has 0 fully saturated rings. The predicted octanol–water partition coefficient (Wildman–Crippen LogP) is 3.24. The van der Waals surface area contributed by atoms with Crippen molar-refractivity contribution < 1.29 is 4.79 Å². The van der Waals surface area contributed by atoms with Crippen LogP contribution in [0.5, 0.6) is 0 Å². The number of aromatic nitrogens is 3. The van der Waals surface area contributed by atoms with E-state index in [4.69, 9.17) is 0 Å². The van der Waals surface area contributed by atoms with Crippen LogP contribution in [0.3, 0.4) is 0 Å². The fraction of sp³-hybridized carbons (Fsp3) is 0.357. The zero-order chi connectivity index (χ0) is 13.8. The van der Waals surface area contributed by atoms with Gasteiger partial charge in [-0.3, -0.25) is 14.5 Å². The molecule has 0 saturated carbocycles. The van der Waals surface area contributed by atoms with Gasteiger partial charge >= 0.3 is 0 Å². The Hall–Kier alpha value is -1.49. The van der Waals surface area contributed by atoms with Gasteiger partial charge in [0.25, 0.3) is 0 Å². The molecule has 0 atom stereocenters. The standard InChI is InChI=1S/C14H16BrN3O/c1-3-7-18-13(12(15)9-17-18)14(19)11-5-6-16-8-10(11)4-2/h5-6,8-9H,3-4,7H2,1-2H3. The lowest BCUT2D eigenvalue weighted by Gasteiger charge is -2.09. The van der Waals surface area contributed by atoms with Gasteiger partial charge in [-0.05, 0) is 40.4 Å². The van der Waals surface area contributed by atoms with Gasteiger partial charge < -0.3 is 0 Å². The third kappa shape index (κ3) is 2.76. The van der Waals surface area contributed by atoms with Gasteiger partial charge in [0.1, 0.15) is 5.69 Å². The molecule has 0 aliphatic rings. The molecular formula is C14H16BrN3O. The lowest BCUT2D eigenvalue weighted by Crippen LogP contribution is -2.13. The Morgan fingerprint density at radius 3 is 2.84 bits per heavy atom. The van der Waals surface area contributed by atoms with Gasteiger partial charge in [-0.2, -0.15) is 5.10 Å². The number of aryl methyl sites for hydroxylation is 2. The second-order valence-electron chi connectivity index (χ2n) is 4.28. The van der Waals surface area contributed by atoms with Gasteiger partial charge in [0, 0.05) is 24.5 Å². The fourth-order valence-corrected chi connectivity index (χ4v) is 2.50. The maximum Gasteiger partial charge on any atom is 0.212 e. The maximum absolute atomic E-state index is 12.7. The lowest BCUT2D eigenvalue weighted by atomic mass is 10.0. The molecule has 0 spiro atoms. The first kappa shape index (κ1) is 13.9. The van der Waals surface area contributed by atoms with E-state index in [9.17, 15) is 4.79 Å². The molecule has 0 N–H and O–H groups in total. The topological polar surface area (TPSA) is 47.8 Å². The first-order valence-electron chi connectivity index (χ1n) is 6.37. The summed E-state index contributed by atoms with van der Waals surface area (Å²) >= 11 is 3.41. The third-order valence-corrected chi connectivity index (χ3v) is 3.55. The SMILES string of the molecule is CCCn1ncc(Br)c1C(=O)c1ccncc1CC. The Labute approximate surface area is 121 Å². The second kappa shape index (κ2) is 6.10. The largest absolute Gasteiger partial charge is 0.287 e. The average molecular weight is 322 g/mol. The van der Waals surface area contributed by atoms with Crippen LogP contribution in [0.25, 0.3) is 0 Å². The molecule has 0 radical (unpaired) electrons. The van der Waals surface area contributed by atoms with Crippen LogP contribution in [0, 0.1) is 0 Å². The van der Waals surface area contributed by atoms with Crippen molar-refractivity contribution in [3.8, 4) is 0 Å². The first-order chi connectivity index (χ1) is 9.19. The summed E-state index contributed by atoms with van der Waals surface area (Å²) in [5.41, 5.74) is 2.28. The molecular weight excluding hydrogens is 306 g/mol. The van der Waals surface area contributed by atoms with E-state index in [1.165, 1.54) is 0 Å². The van der Waals surface area contributed by atoms with Gasteiger partial charge in [0.05, 0.1) is 10.7 Å². The van der Waals surface area contributed by atoms with Crippen LogP contribution >= 0.6 is 15.9 Å². The van der Waals surface area contributed by atoms with Gasteiger partial charge in [-0.1, -0.05) is 13.8 Å². The van der Waals surface area contributed by atoms with E-state index in [1.807, 2.05) is 6.92 Å². The van der Waals surface area contributed by atoms with E-state index < -0.39 is 0 Å². The highest BCUT2D eigenvalue weighted by molar-refractivity contribution is 9.10. The molecule has 0 amide bonds. The molecule has 0 aromatic carbocycles. The number of carbonyl (C=O) groups excluding carboxylic acids is 1. The van der Waals surface area contributed by atoms with Gasteiger partial charge in [0.15, 0.2) is 0 Å². The predicted molar refractivity (Wildman–Crippen MR) is 77.3 cm³/mol. The Bertz CT molecular complexity index is 592. The molecule has 0 aliphatic heterocycles. The van der Waals surface area contributed by atoms with E-state index in [0.29, 0.717) is 11.3 Å². The molecule has 0 bridgehead atoms. The summed E-state index contributed by atoms with van der Waals surface area (Å²) in [6.07, 6.45) is 6.80. The van der Waals surface area contributed by atoms with E-state index in [0.717, 1.165) is 29.4 Å². The summed E-state index contributed by atoms with van der Waals surface area (Å²) in [6.45, 7) is 4.82. The summed E-state index contributed by atoms with van der Waals surface area (Å²) in [5.74, 6) is -0.00271. The van der Waals surface area contributed by atoms with Crippen molar-refractivity contribution in [2.45, 2.75) is 33.2 Å². The van der Waals surface area contributed by atoms with Gasteiger partial charge in [-0.15, -0.1) is 0 Å². The second-order valence-corrected chi connectivity index (χ2v) is 5.13. The zero-order valence-corrected chi connectivity index (χ0v) is 12.6. The zero-order valence-electron chi connectivity index (χ0n) is 11.1. The van der Waals surface area contributed by atoms with Crippen molar-refractivity contribution in [2.75, 3.05) is 0 Å². The van der Waals surface area contributed by atoms with Crippen LogP contribution < -0.4 is 0 Å². The number of pyridine rings is 1. The molecule has 2 rings (SSSR count). The molecule has 4 nitrogen and oxygen atoms in total. The van der Waals surface area contributed by atoms with Crippen LogP contribution in [0.2, 0.25) is 0 Å². The van der Waals surface area contributed by atoms with Crippen LogP contribution in [-0.4, -0.2) is 20.5 Å². The maximum atomic E-state index is 12.7. The lowest BCUT2D eigenvalue weighted by molar-refractivity contribution is 0.102. The van der Waals surface area contributed by atoms with Crippen LogP contribution in [0.1, 0.15) is 41.9 Å². The molecule has 19 heavy (non-hydrogen) atoms. The molecule has 100 valence electrons. The highest BCUT2D eigenvalue weighted by Gasteiger charge is 2.20. The molecule has 5 heteroatoms. The number of carbonyl (C=O) groups is 1. The fourth-order valence-electron chi connectivity index (χ4n) is 2.03. The highest BCUT2D eigenvalue weighted by atomic mass is 79.9. The summed E-state index contributed by atoms with van der Waals surface area (Å²) < 4.78 is 2.50. The normalized spacial score (nSPS) is 10.7. The van der Waals surface area contributed by atoms with Crippen molar-refractivity contribution in [1.82, 2.24) is 14.8 Å². The van der Waals surface area contributed by atoms with Gasteiger partial charge in [0.2, 0.25) is 5.78 Å². The Kier molecular flexibility index (Phi) is 4.47. The van der Waals surface area contributed by atoms with Gasteiger partial charge in [-0.25, -0.2) is 0 Å². The molecule has 0 saturated heterocycles. The number of rotatable bonds is 5. The molecule has 0 aliphatic carbocycles. The Morgan fingerprint density at radius 2 is 2.16 bits per heavy atom. The van der Waals surface area contributed by atoms with E-state index in [1.54, 1.807) is 29.3 Å². The third-order valence-electron chi connectivity index (χ3n) is 2.97. The van der Waals surface area contributed by atoms with Crippen molar-refractivity contribution in [3.05, 3.63) is 46.0 Å². The number of nitrogens with zero attached hydrogens (tertiary/aromatic N) is 3. The molecule has 2 aromatic rings. The minimum absolute atomic E-state index is 0.00271. The molecule has 2 heterocycles. The van der Waals surface area contributed by atoms with E-state index >= 15 is 0 Å².